The molecule has 1 nitrogen and oxygen atoms in total. The third-order valence-electron chi connectivity index (χ3n) is 11.3. The van der Waals surface area contributed by atoms with E-state index in [0.717, 1.165) is 29.6 Å². The number of fused-ring (bicyclic) bond motifs is 5. The van der Waals surface area contributed by atoms with Crippen molar-refractivity contribution in [3.05, 3.63) is 0 Å². The molecule has 4 fully saturated rings. The van der Waals surface area contributed by atoms with Gasteiger partial charge in [0.2, 0.25) is 0 Å². The molecule has 8 atom stereocenters. The summed E-state index contributed by atoms with van der Waals surface area (Å²) in [5, 5.41) is 1.03. The van der Waals surface area contributed by atoms with Crippen molar-refractivity contribution in [1.82, 2.24) is 0 Å². The van der Waals surface area contributed by atoms with Crippen molar-refractivity contribution in [3.63, 3.8) is 0 Å². The Balaban J connectivity index is 1.35. The molecule has 0 radical (unpaired) electrons. The molecule has 4 rings (SSSR count). The minimum Gasteiger partial charge on any atom is -0.287 e. The Kier molecular flexibility index (Phi) is 8.43. The Bertz CT molecular complexity index is 630. The van der Waals surface area contributed by atoms with Crippen LogP contribution in [-0.2, 0) is 4.79 Å². The highest BCUT2D eigenvalue weighted by molar-refractivity contribution is 8.14. The van der Waals surface area contributed by atoms with Crippen molar-refractivity contribution < 1.29 is 4.79 Å². The van der Waals surface area contributed by atoms with E-state index < -0.39 is 0 Å². The summed E-state index contributed by atoms with van der Waals surface area (Å²) in [6.07, 6.45) is 23.9. The summed E-state index contributed by atoms with van der Waals surface area (Å²) < 4.78 is 0. The molecule has 184 valence electrons. The lowest BCUT2D eigenvalue weighted by Gasteiger charge is -2.61. The highest BCUT2D eigenvalue weighted by Crippen LogP contribution is 2.68. The van der Waals surface area contributed by atoms with Gasteiger partial charge in [0.15, 0.2) is 5.12 Å². The molecule has 2 heteroatoms. The number of hydrogen-bond acceptors (Lipinski definition) is 2. The van der Waals surface area contributed by atoms with E-state index in [1.807, 2.05) is 6.92 Å². The number of carbonyl (C=O) groups is 1. The fourth-order valence-electron chi connectivity index (χ4n) is 9.35. The summed E-state index contributed by atoms with van der Waals surface area (Å²) in [5.74, 6) is 4.88. The van der Waals surface area contributed by atoms with Crippen LogP contribution in [0.1, 0.15) is 137 Å². The first-order valence-corrected chi connectivity index (χ1v) is 15.5. The predicted molar refractivity (Wildman–Crippen MR) is 140 cm³/mol. The minimum atomic E-state index is 0.420. The lowest BCUT2D eigenvalue weighted by Crippen LogP contribution is -2.53. The van der Waals surface area contributed by atoms with E-state index in [1.54, 1.807) is 11.8 Å². The number of hydrogen-bond donors (Lipinski definition) is 0. The molecule has 4 aliphatic rings. The third-order valence-corrected chi connectivity index (χ3v) is 12.6. The average molecular weight is 461 g/mol. The van der Waals surface area contributed by atoms with E-state index in [9.17, 15) is 4.79 Å². The van der Waals surface area contributed by atoms with Crippen LogP contribution in [0, 0.1) is 40.4 Å². The van der Waals surface area contributed by atoms with Crippen molar-refractivity contribution in [3.8, 4) is 0 Å². The van der Waals surface area contributed by atoms with E-state index in [2.05, 4.69) is 20.8 Å². The second kappa shape index (κ2) is 10.7. The van der Waals surface area contributed by atoms with Crippen LogP contribution in [0.5, 0.6) is 0 Å². The number of thioether (sulfide) groups is 1. The van der Waals surface area contributed by atoms with Gasteiger partial charge in [0.05, 0.1) is 0 Å². The second-order valence-electron chi connectivity index (χ2n) is 12.8. The van der Waals surface area contributed by atoms with Gasteiger partial charge in [-0.05, 0) is 105 Å². The molecule has 32 heavy (non-hydrogen) atoms. The van der Waals surface area contributed by atoms with Gasteiger partial charge in [-0.1, -0.05) is 78.0 Å². The van der Waals surface area contributed by atoms with Crippen LogP contribution < -0.4 is 0 Å². The third kappa shape index (κ3) is 4.87. The second-order valence-corrected chi connectivity index (χ2v) is 14.1. The number of unbranched alkanes of at least 4 members (excludes halogenated alkanes) is 5. The zero-order valence-corrected chi connectivity index (χ0v) is 22.6. The van der Waals surface area contributed by atoms with E-state index in [-0.39, 0.29) is 0 Å². The minimum absolute atomic E-state index is 0.420. The Hall–Kier alpha value is 0.0200. The summed E-state index contributed by atoms with van der Waals surface area (Å²) in [6, 6.07) is 0. The van der Waals surface area contributed by atoms with Gasteiger partial charge in [-0.25, -0.2) is 0 Å². The van der Waals surface area contributed by atoms with Gasteiger partial charge in [0, 0.05) is 11.7 Å². The molecule has 4 aliphatic carbocycles. The molecule has 0 amide bonds. The average Bonchev–Trinajstić information content (AvgIpc) is 3.12. The van der Waals surface area contributed by atoms with Gasteiger partial charge in [0.25, 0.3) is 0 Å². The number of carbonyl (C=O) groups excluding carboxylic acids is 1. The molecule has 0 N–H and O–H groups in total. The molecule has 0 aromatic carbocycles. The molecule has 0 aliphatic heterocycles. The monoisotopic (exact) mass is 460 g/mol. The van der Waals surface area contributed by atoms with Gasteiger partial charge in [-0.2, -0.15) is 0 Å². The molecular weight excluding hydrogens is 408 g/mol. The van der Waals surface area contributed by atoms with Crippen molar-refractivity contribution in [1.29, 1.82) is 0 Å². The molecule has 4 saturated carbocycles. The van der Waals surface area contributed by atoms with Gasteiger partial charge in [0.1, 0.15) is 0 Å². The van der Waals surface area contributed by atoms with Crippen molar-refractivity contribution in [2.45, 2.75) is 142 Å². The van der Waals surface area contributed by atoms with E-state index in [1.165, 1.54) is 103 Å². The topological polar surface area (TPSA) is 17.1 Å². The highest BCUT2D eigenvalue weighted by atomic mass is 32.2. The molecule has 0 spiro atoms. The van der Waals surface area contributed by atoms with Crippen molar-refractivity contribution in [2.24, 2.45) is 40.4 Å². The molecule has 0 bridgehead atoms. The summed E-state index contributed by atoms with van der Waals surface area (Å²) in [4.78, 5) is 12.0. The Labute approximate surface area is 204 Å². The molecule has 0 aromatic rings. The Morgan fingerprint density at radius 3 is 2.31 bits per heavy atom. The molecule has 0 saturated heterocycles. The van der Waals surface area contributed by atoms with Crippen LogP contribution in [0.4, 0.5) is 0 Å². The summed E-state index contributed by atoms with van der Waals surface area (Å²) in [7, 11) is 0. The van der Waals surface area contributed by atoms with Crippen LogP contribution >= 0.6 is 11.8 Å². The largest absolute Gasteiger partial charge is 0.287 e. The van der Waals surface area contributed by atoms with Crippen molar-refractivity contribution in [2.75, 3.05) is 0 Å². The SMILES string of the molecule is CCCCCCCCC1CCC2C3CCC4CC(SC(=O)CC)CCC4(C)C3CCC12C. The van der Waals surface area contributed by atoms with Gasteiger partial charge < -0.3 is 0 Å². The first kappa shape index (κ1) is 25.1. The van der Waals surface area contributed by atoms with E-state index in [0.29, 0.717) is 27.6 Å². The van der Waals surface area contributed by atoms with Gasteiger partial charge in [-0.15, -0.1) is 0 Å². The number of rotatable bonds is 9. The molecule has 0 heterocycles. The molecule has 0 aromatic heterocycles. The van der Waals surface area contributed by atoms with Crippen LogP contribution in [0.2, 0.25) is 0 Å². The molecular formula is C30H52OS. The lowest BCUT2D eigenvalue weighted by atomic mass is 9.45. The zero-order chi connectivity index (χ0) is 22.8. The fourth-order valence-corrected chi connectivity index (χ4v) is 10.5. The smallest absolute Gasteiger partial charge is 0.188 e. The molecule has 8 unspecified atom stereocenters. The standard InChI is InChI=1S/C30H52OS/c1-5-7-8-9-10-11-12-22-14-16-26-25-15-13-23-21-24(32-28(31)6-2)17-19-30(23,4)27(25)18-20-29(22,26)3/h22-27H,5-21H2,1-4H3. The maximum atomic E-state index is 12.0. The van der Waals surface area contributed by atoms with Gasteiger partial charge in [-0.3, -0.25) is 4.79 Å². The van der Waals surface area contributed by atoms with E-state index >= 15 is 0 Å². The normalized spacial score (nSPS) is 43.4. The maximum Gasteiger partial charge on any atom is 0.188 e. The van der Waals surface area contributed by atoms with Crippen LogP contribution in [0.15, 0.2) is 0 Å². The summed E-state index contributed by atoms with van der Waals surface area (Å²) in [6.45, 7) is 9.75. The quantitative estimate of drug-likeness (QED) is 0.319. The van der Waals surface area contributed by atoms with Crippen LogP contribution in [0.3, 0.4) is 0 Å². The Morgan fingerprint density at radius 1 is 0.812 bits per heavy atom. The lowest BCUT2D eigenvalue weighted by molar-refractivity contribution is -0.112. The van der Waals surface area contributed by atoms with Crippen LogP contribution in [0.25, 0.3) is 0 Å². The summed E-state index contributed by atoms with van der Waals surface area (Å²) >= 11 is 1.69. The van der Waals surface area contributed by atoms with Crippen molar-refractivity contribution >= 4 is 16.9 Å². The zero-order valence-electron chi connectivity index (χ0n) is 21.8. The van der Waals surface area contributed by atoms with Crippen LogP contribution in [-0.4, -0.2) is 10.4 Å². The van der Waals surface area contributed by atoms with Gasteiger partial charge >= 0.3 is 0 Å². The predicted octanol–water partition coefficient (Wildman–Crippen LogP) is 9.43. The maximum absolute atomic E-state index is 12.0. The first-order valence-electron chi connectivity index (χ1n) is 14.6. The Morgan fingerprint density at radius 2 is 1.53 bits per heavy atom. The summed E-state index contributed by atoms with van der Waals surface area (Å²) in [5.41, 5.74) is 1.21. The highest BCUT2D eigenvalue weighted by Gasteiger charge is 2.59. The first-order chi connectivity index (χ1) is 15.4. The van der Waals surface area contributed by atoms with E-state index in [4.69, 9.17) is 0 Å². The fraction of sp³-hybridized carbons (Fsp3) is 0.967.